The van der Waals surface area contributed by atoms with Crippen LogP contribution in [0.4, 0.5) is 22.4 Å². The van der Waals surface area contributed by atoms with Crippen molar-refractivity contribution in [2.24, 2.45) is 0 Å². The van der Waals surface area contributed by atoms with Crippen molar-refractivity contribution in [3.8, 4) is 5.75 Å². The molecule has 1 unspecified atom stereocenters. The van der Waals surface area contributed by atoms with Gasteiger partial charge in [-0.2, -0.15) is 8.78 Å². The predicted molar refractivity (Wildman–Crippen MR) is 104 cm³/mol. The molecule has 1 aliphatic rings. The summed E-state index contributed by atoms with van der Waals surface area (Å²) in [6, 6.07) is 7.22. The van der Waals surface area contributed by atoms with Crippen LogP contribution >= 0.6 is 0 Å². The number of urea groups is 1. The van der Waals surface area contributed by atoms with Gasteiger partial charge in [0, 0.05) is 19.2 Å². The lowest BCUT2D eigenvalue weighted by molar-refractivity contribution is -0.138. The Morgan fingerprint density at radius 2 is 1.81 bits per heavy atom. The molecule has 4 amide bonds. The number of carbonyl (C=O) groups excluding carboxylic acids is 3. The summed E-state index contributed by atoms with van der Waals surface area (Å²) in [4.78, 5) is 39.6. The fourth-order valence-corrected chi connectivity index (χ4v) is 3.30. The summed E-state index contributed by atoms with van der Waals surface area (Å²) in [5.41, 5.74) is -1.64. The van der Waals surface area contributed by atoms with Crippen LogP contribution in [0.2, 0.25) is 0 Å². The first-order chi connectivity index (χ1) is 15.0. The van der Waals surface area contributed by atoms with Gasteiger partial charge in [-0.1, -0.05) is 12.1 Å². The van der Waals surface area contributed by atoms with Gasteiger partial charge in [0.25, 0.3) is 5.91 Å². The monoisotopic (exact) mass is 453 g/mol. The average molecular weight is 453 g/mol. The Balaban J connectivity index is 1.68. The average Bonchev–Trinajstić information content (AvgIpc) is 2.94. The van der Waals surface area contributed by atoms with Crippen LogP contribution in [0, 0.1) is 11.6 Å². The van der Waals surface area contributed by atoms with Gasteiger partial charge in [0.2, 0.25) is 5.91 Å². The summed E-state index contributed by atoms with van der Waals surface area (Å²) in [5, 5.41) is 2.32. The summed E-state index contributed by atoms with van der Waals surface area (Å²) in [6.45, 7) is -2.30. The lowest BCUT2D eigenvalue weighted by Crippen LogP contribution is -2.44. The Morgan fingerprint density at radius 1 is 1.16 bits per heavy atom. The second kappa shape index (κ2) is 8.85. The van der Waals surface area contributed by atoms with Crippen LogP contribution in [0.25, 0.3) is 0 Å². The van der Waals surface area contributed by atoms with Crippen LogP contribution in [0.5, 0.6) is 5.75 Å². The van der Waals surface area contributed by atoms with Crippen LogP contribution in [-0.4, -0.2) is 47.8 Å². The van der Waals surface area contributed by atoms with Crippen molar-refractivity contribution in [3.05, 3.63) is 65.2 Å². The molecule has 3 rings (SSSR count). The maximum absolute atomic E-state index is 14.2. The van der Waals surface area contributed by atoms with Gasteiger partial charge in [-0.3, -0.25) is 14.5 Å². The molecular weight excluding hydrogens is 434 g/mol. The standard InChI is InChI=1S/C21H19F4N3O4/c1-21(15-9-13(22)5-8-16(15)23)18(30)28(20(31)26-21)11-17(29)27(2)10-12-3-6-14(7-4-12)32-19(24)25/h3-9,19H,10-11H2,1-2H3,(H,26,31). The van der Waals surface area contributed by atoms with Crippen molar-refractivity contribution >= 4 is 17.8 Å². The second-order valence-electron chi connectivity index (χ2n) is 7.34. The quantitative estimate of drug-likeness (QED) is 0.517. The van der Waals surface area contributed by atoms with Gasteiger partial charge in [0.15, 0.2) is 0 Å². The summed E-state index contributed by atoms with van der Waals surface area (Å²) in [6.07, 6.45) is 0. The first kappa shape index (κ1) is 23.0. The summed E-state index contributed by atoms with van der Waals surface area (Å²) in [5.74, 6) is -3.22. The molecule has 1 saturated heterocycles. The van der Waals surface area contributed by atoms with E-state index in [4.69, 9.17) is 0 Å². The number of benzene rings is 2. The fourth-order valence-electron chi connectivity index (χ4n) is 3.30. The van der Waals surface area contributed by atoms with Gasteiger partial charge in [-0.05, 0) is 42.8 Å². The summed E-state index contributed by atoms with van der Waals surface area (Å²) in [7, 11) is 1.43. The highest BCUT2D eigenvalue weighted by Gasteiger charge is 2.51. The number of hydrogen-bond acceptors (Lipinski definition) is 4. The van der Waals surface area contributed by atoms with Crippen molar-refractivity contribution in [3.63, 3.8) is 0 Å². The molecule has 1 atom stereocenters. The number of carbonyl (C=O) groups is 3. The molecule has 2 aromatic carbocycles. The number of amides is 4. The third kappa shape index (κ3) is 4.66. The number of rotatable bonds is 7. The van der Waals surface area contributed by atoms with Crippen LogP contribution in [0.1, 0.15) is 18.1 Å². The van der Waals surface area contributed by atoms with Crippen molar-refractivity contribution in [2.75, 3.05) is 13.6 Å². The number of halogens is 4. The molecule has 1 fully saturated rings. The second-order valence-corrected chi connectivity index (χ2v) is 7.34. The molecule has 0 saturated carbocycles. The largest absolute Gasteiger partial charge is 0.435 e. The van der Waals surface area contributed by atoms with Gasteiger partial charge in [-0.15, -0.1) is 0 Å². The van der Waals surface area contributed by atoms with E-state index in [-0.39, 0.29) is 17.9 Å². The Morgan fingerprint density at radius 3 is 2.44 bits per heavy atom. The van der Waals surface area contributed by atoms with Crippen LogP contribution in [-0.2, 0) is 21.7 Å². The van der Waals surface area contributed by atoms with Gasteiger partial charge < -0.3 is 15.0 Å². The number of likely N-dealkylation sites (N-methyl/N-ethyl adjacent to an activating group) is 1. The Labute approximate surface area is 180 Å². The zero-order valence-electron chi connectivity index (χ0n) is 17.1. The van der Waals surface area contributed by atoms with E-state index < -0.39 is 48.2 Å². The van der Waals surface area contributed by atoms with E-state index in [2.05, 4.69) is 10.1 Å². The highest BCUT2D eigenvalue weighted by Crippen LogP contribution is 2.31. The molecule has 0 spiro atoms. The number of hydrogen-bond donors (Lipinski definition) is 1. The van der Waals surface area contributed by atoms with E-state index >= 15 is 0 Å². The minimum Gasteiger partial charge on any atom is -0.435 e. The number of ether oxygens (including phenoxy) is 1. The minimum atomic E-state index is -2.96. The maximum Gasteiger partial charge on any atom is 0.387 e. The van der Waals surface area contributed by atoms with Crippen molar-refractivity contribution < 1.29 is 36.7 Å². The molecule has 0 bridgehead atoms. The summed E-state index contributed by atoms with van der Waals surface area (Å²) >= 11 is 0. The zero-order valence-corrected chi connectivity index (χ0v) is 17.1. The molecule has 1 aliphatic heterocycles. The minimum absolute atomic E-state index is 0.0408. The van der Waals surface area contributed by atoms with E-state index in [9.17, 15) is 31.9 Å². The van der Waals surface area contributed by atoms with Crippen molar-refractivity contribution in [1.82, 2.24) is 15.1 Å². The lowest BCUT2D eigenvalue weighted by atomic mass is 9.91. The van der Waals surface area contributed by atoms with Crippen LogP contribution in [0.15, 0.2) is 42.5 Å². The van der Waals surface area contributed by atoms with Crippen molar-refractivity contribution in [2.45, 2.75) is 25.6 Å². The smallest absolute Gasteiger partial charge is 0.387 e. The molecule has 170 valence electrons. The van der Waals surface area contributed by atoms with Gasteiger partial charge in [0.05, 0.1) is 0 Å². The SMILES string of the molecule is CN(Cc1ccc(OC(F)F)cc1)C(=O)CN1C(=O)NC(C)(c2cc(F)ccc2F)C1=O. The van der Waals surface area contributed by atoms with Crippen molar-refractivity contribution in [1.29, 1.82) is 0 Å². The number of alkyl halides is 2. The van der Waals surface area contributed by atoms with E-state index in [1.807, 2.05) is 0 Å². The Kier molecular flexibility index (Phi) is 6.37. The van der Waals surface area contributed by atoms with Crippen LogP contribution in [0.3, 0.4) is 0 Å². The maximum atomic E-state index is 14.2. The molecule has 32 heavy (non-hydrogen) atoms. The third-order valence-electron chi connectivity index (χ3n) is 5.03. The van der Waals surface area contributed by atoms with Gasteiger partial charge >= 0.3 is 12.6 Å². The lowest BCUT2D eigenvalue weighted by Gasteiger charge is -2.23. The Bertz CT molecular complexity index is 1050. The van der Waals surface area contributed by atoms with Gasteiger partial charge in [0.1, 0.15) is 29.5 Å². The van der Waals surface area contributed by atoms with Crippen LogP contribution < -0.4 is 10.1 Å². The highest BCUT2D eigenvalue weighted by atomic mass is 19.3. The molecule has 7 nitrogen and oxygen atoms in total. The topological polar surface area (TPSA) is 79.0 Å². The van der Waals surface area contributed by atoms with E-state index in [0.29, 0.717) is 10.5 Å². The number of nitrogens with zero attached hydrogens (tertiary/aromatic N) is 2. The molecule has 0 radical (unpaired) electrons. The number of nitrogens with one attached hydrogen (secondary N) is 1. The highest BCUT2D eigenvalue weighted by molar-refractivity contribution is 6.09. The predicted octanol–water partition coefficient (Wildman–Crippen LogP) is 2.99. The molecule has 1 N–H and O–H groups in total. The molecule has 2 aromatic rings. The Hall–Kier alpha value is -3.63. The van der Waals surface area contributed by atoms with Gasteiger partial charge in [-0.25, -0.2) is 13.6 Å². The van der Waals surface area contributed by atoms with E-state index in [1.54, 1.807) is 0 Å². The first-order valence-electron chi connectivity index (χ1n) is 9.38. The number of imide groups is 1. The van der Waals surface area contributed by atoms with E-state index in [1.165, 1.54) is 43.1 Å². The molecule has 11 heteroatoms. The molecule has 0 aromatic heterocycles. The zero-order chi connectivity index (χ0) is 23.6. The van der Waals surface area contributed by atoms with E-state index in [0.717, 1.165) is 18.2 Å². The fraction of sp³-hybridized carbons (Fsp3) is 0.286. The molecule has 1 heterocycles. The first-order valence-corrected chi connectivity index (χ1v) is 9.38. The molecular formula is C21H19F4N3O4. The molecule has 0 aliphatic carbocycles. The third-order valence-corrected chi connectivity index (χ3v) is 5.03. The normalized spacial score (nSPS) is 18.2. The summed E-state index contributed by atoms with van der Waals surface area (Å²) < 4.78 is 56.5.